The van der Waals surface area contributed by atoms with E-state index in [0.717, 1.165) is 10.4 Å². The van der Waals surface area contributed by atoms with Gasteiger partial charge < -0.3 is 5.11 Å². The lowest BCUT2D eigenvalue weighted by molar-refractivity contribution is -0.137. The molecule has 0 aliphatic carbocycles. The molecule has 1 rings (SSSR count). The van der Waals surface area contributed by atoms with Crippen LogP contribution in [0.4, 0.5) is 0 Å². The minimum Gasteiger partial charge on any atom is -0.481 e. The lowest BCUT2D eigenvalue weighted by atomic mass is 10.1. The number of hydrogen-bond acceptors (Lipinski definition) is 3. The lowest BCUT2D eigenvalue weighted by Crippen LogP contribution is -1.99. The summed E-state index contributed by atoms with van der Waals surface area (Å²) >= 11 is 1.46. The quantitative estimate of drug-likeness (QED) is 0.599. The summed E-state index contributed by atoms with van der Waals surface area (Å²) in [5.74, 6) is -0.664. The molecule has 1 aromatic rings. The average Bonchev–Trinajstić information content (AvgIpc) is 2.58. The zero-order chi connectivity index (χ0) is 11.3. The number of carbonyl (C=O) groups is 2. The molecule has 0 saturated carbocycles. The normalized spacial score (nSPS) is 10.2. The van der Waals surface area contributed by atoms with E-state index in [2.05, 4.69) is 0 Å². The Morgan fingerprint density at radius 2 is 2.00 bits per heavy atom. The third-order valence-electron chi connectivity index (χ3n) is 2.16. The van der Waals surface area contributed by atoms with Gasteiger partial charge in [0.1, 0.15) is 0 Å². The first kappa shape index (κ1) is 11.9. The van der Waals surface area contributed by atoms with Gasteiger partial charge in [-0.15, -0.1) is 11.3 Å². The molecule has 1 heterocycles. The summed E-state index contributed by atoms with van der Waals surface area (Å²) in [5, 5.41) is 10.3. The highest BCUT2D eigenvalue weighted by molar-refractivity contribution is 7.12. The smallest absolute Gasteiger partial charge is 0.303 e. The van der Waals surface area contributed by atoms with Crippen LogP contribution in [0.2, 0.25) is 0 Å². The third-order valence-corrected chi connectivity index (χ3v) is 3.22. The van der Waals surface area contributed by atoms with Crippen molar-refractivity contribution in [1.29, 1.82) is 0 Å². The number of hydrogen-bond donors (Lipinski definition) is 1. The Bertz CT molecular complexity index is 354. The summed E-state index contributed by atoms with van der Waals surface area (Å²) in [4.78, 5) is 22.7. The third kappa shape index (κ3) is 3.83. The zero-order valence-corrected chi connectivity index (χ0v) is 9.47. The van der Waals surface area contributed by atoms with Crippen molar-refractivity contribution in [2.75, 3.05) is 0 Å². The van der Waals surface area contributed by atoms with Crippen LogP contribution in [0.25, 0.3) is 0 Å². The van der Waals surface area contributed by atoms with Crippen molar-refractivity contribution in [2.24, 2.45) is 0 Å². The van der Waals surface area contributed by atoms with Gasteiger partial charge in [-0.05, 0) is 36.8 Å². The first-order valence-electron chi connectivity index (χ1n) is 4.90. The maximum absolute atomic E-state index is 11.6. The summed E-state index contributed by atoms with van der Waals surface area (Å²) in [7, 11) is 0. The fourth-order valence-corrected chi connectivity index (χ4v) is 2.23. The number of aliphatic carboxylic acids is 1. The van der Waals surface area contributed by atoms with Crippen molar-refractivity contribution < 1.29 is 14.7 Å². The van der Waals surface area contributed by atoms with Crippen LogP contribution in [0.1, 0.15) is 40.9 Å². The summed E-state index contributed by atoms with van der Waals surface area (Å²) in [6.45, 7) is 1.92. The highest BCUT2D eigenvalue weighted by Crippen LogP contribution is 2.18. The van der Waals surface area contributed by atoms with Gasteiger partial charge >= 0.3 is 5.97 Å². The van der Waals surface area contributed by atoms with E-state index in [-0.39, 0.29) is 12.2 Å². The van der Waals surface area contributed by atoms with E-state index in [1.165, 1.54) is 11.3 Å². The number of carbonyl (C=O) groups excluding carboxylic acids is 1. The lowest BCUT2D eigenvalue weighted by Gasteiger charge is -1.98. The molecule has 0 aliphatic heterocycles. The number of carboxylic acid groups (broad SMARTS) is 1. The van der Waals surface area contributed by atoms with Crippen molar-refractivity contribution in [3.8, 4) is 0 Å². The Morgan fingerprint density at radius 3 is 2.53 bits per heavy atom. The largest absolute Gasteiger partial charge is 0.481 e. The first-order valence-corrected chi connectivity index (χ1v) is 5.78. The highest BCUT2D eigenvalue weighted by Gasteiger charge is 2.10. The van der Waals surface area contributed by atoms with Gasteiger partial charge in [0.15, 0.2) is 5.78 Å². The molecule has 0 saturated heterocycles. The minimum absolute atomic E-state index is 0.132. The maximum Gasteiger partial charge on any atom is 0.303 e. The van der Waals surface area contributed by atoms with Gasteiger partial charge in [-0.1, -0.05) is 0 Å². The molecule has 0 unspecified atom stereocenters. The van der Waals surface area contributed by atoms with Gasteiger partial charge in [0.2, 0.25) is 0 Å². The molecule has 15 heavy (non-hydrogen) atoms. The van der Waals surface area contributed by atoms with Crippen LogP contribution in [0.15, 0.2) is 11.4 Å². The van der Waals surface area contributed by atoms with E-state index in [9.17, 15) is 9.59 Å². The fourth-order valence-electron chi connectivity index (χ4n) is 1.33. The SMILES string of the molecule is Cc1ccsc1C(=O)CCCCC(=O)O. The number of thiophene rings is 1. The Labute approximate surface area is 92.7 Å². The second-order valence-electron chi connectivity index (χ2n) is 3.46. The maximum atomic E-state index is 11.6. The zero-order valence-electron chi connectivity index (χ0n) is 8.66. The molecule has 4 heteroatoms. The van der Waals surface area contributed by atoms with Crippen molar-refractivity contribution in [2.45, 2.75) is 32.6 Å². The van der Waals surface area contributed by atoms with E-state index in [4.69, 9.17) is 5.11 Å². The molecule has 0 spiro atoms. The summed E-state index contributed by atoms with van der Waals surface area (Å²) in [6, 6.07) is 1.93. The molecule has 0 fully saturated rings. The number of aryl methyl sites for hydroxylation is 1. The number of ketones is 1. The van der Waals surface area contributed by atoms with Crippen LogP contribution in [-0.2, 0) is 4.79 Å². The molecule has 1 aromatic heterocycles. The van der Waals surface area contributed by atoms with Crippen molar-refractivity contribution >= 4 is 23.1 Å². The van der Waals surface area contributed by atoms with Crippen molar-refractivity contribution in [1.82, 2.24) is 0 Å². The van der Waals surface area contributed by atoms with E-state index < -0.39 is 5.97 Å². The van der Waals surface area contributed by atoms with Crippen LogP contribution >= 0.6 is 11.3 Å². The molecule has 3 nitrogen and oxygen atoms in total. The molecule has 0 atom stereocenters. The van der Waals surface area contributed by atoms with E-state index >= 15 is 0 Å². The molecular formula is C11H14O3S. The fraction of sp³-hybridized carbons (Fsp3) is 0.455. The molecule has 0 bridgehead atoms. The van der Waals surface area contributed by atoms with Gasteiger partial charge in [0.05, 0.1) is 4.88 Å². The van der Waals surface area contributed by atoms with E-state index in [1.807, 2.05) is 18.4 Å². The van der Waals surface area contributed by atoms with Crippen molar-refractivity contribution in [3.63, 3.8) is 0 Å². The van der Waals surface area contributed by atoms with Gasteiger partial charge in [0, 0.05) is 12.8 Å². The molecule has 82 valence electrons. The summed E-state index contributed by atoms with van der Waals surface area (Å²) < 4.78 is 0. The second kappa shape index (κ2) is 5.66. The molecule has 0 aromatic carbocycles. The Balaban J connectivity index is 2.31. The van der Waals surface area contributed by atoms with Gasteiger partial charge in [-0.3, -0.25) is 9.59 Å². The van der Waals surface area contributed by atoms with E-state index in [1.54, 1.807) is 0 Å². The predicted octanol–water partition coefficient (Wildman–Crippen LogP) is 2.88. The molecule has 0 radical (unpaired) electrons. The van der Waals surface area contributed by atoms with Crippen LogP contribution in [0.5, 0.6) is 0 Å². The molecule has 0 aliphatic rings. The Hall–Kier alpha value is -1.16. The summed E-state index contributed by atoms with van der Waals surface area (Å²) in [5.41, 5.74) is 1.02. The van der Waals surface area contributed by atoms with Gasteiger partial charge in [-0.2, -0.15) is 0 Å². The molecular weight excluding hydrogens is 212 g/mol. The highest BCUT2D eigenvalue weighted by atomic mass is 32.1. The monoisotopic (exact) mass is 226 g/mol. The van der Waals surface area contributed by atoms with Gasteiger partial charge in [0.25, 0.3) is 0 Å². The number of rotatable bonds is 6. The minimum atomic E-state index is -0.797. The van der Waals surface area contributed by atoms with Gasteiger partial charge in [-0.25, -0.2) is 0 Å². The topological polar surface area (TPSA) is 54.4 Å². The van der Waals surface area contributed by atoms with E-state index in [0.29, 0.717) is 19.3 Å². The first-order chi connectivity index (χ1) is 7.11. The number of carboxylic acids is 1. The Kier molecular flexibility index (Phi) is 4.49. The second-order valence-corrected chi connectivity index (χ2v) is 4.37. The average molecular weight is 226 g/mol. The Morgan fingerprint density at radius 1 is 1.33 bits per heavy atom. The number of unbranched alkanes of at least 4 members (excludes halogenated alkanes) is 1. The summed E-state index contributed by atoms with van der Waals surface area (Å²) in [6.07, 6.45) is 1.83. The van der Waals surface area contributed by atoms with Crippen molar-refractivity contribution in [3.05, 3.63) is 21.9 Å². The van der Waals surface area contributed by atoms with Crippen LogP contribution in [-0.4, -0.2) is 16.9 Å². The standard InChI is InChI=1S/C11H14O3S/c1-8-6-7-15-11(8)9(12)4-2-3-5-10(13)14/h6-7H,2-5H2,1H3,(H,13,14). The molecule has 0 amide bonds. The van der Waals surface area contributed by atoms with Crippen LogP contribution in [0.3, 0.4) is 0 Å². The molecule has 1 N–H and O–H groups in total. The number of Topliss-reactive ketones (excluding diaryl/α,β-unsaturated/α-hetero) is 1. The predicted molar refractivity (Wildman–Crippen MR) is 59.5 cm³/mol. The van der Waals surface area contributed by atoms with Crippen LogP contribution < -0.4 is 0 Å². The van der Waals surface area contributed by atoms with Crippen LogP contribution in [0, 0.1) is 6.92 Å².